The van der Waals surface area contributed by atoms with Crippen LogP contribution in [0.2, 0.25) is 0 Å². The van der Waals surface area contributed by atoms with E-state index < -0.39 is 11.6 Å². The molecule has 4 rings (SSSR count). The molecule has 0 saturated carbocycles. The molecular weight excluding hydrogens is 352 g/mol. The van der Waals surface area contributed by atoms with E-state index in [1.165, 1.54) is 12.1 Å². The molecule has 1 nitrogen and oxygen atoms in total. The highest BCUT2D eigenvalue weighted by atomic mass is 19.1. The van der Waals surface area contributed by atoms with Crippen molar-refractivity contribution in [2.45, 2.75) is 0 Å². The third kappa shape index (κ3) is 3.39. The van der Waals surface area contributed by atoms with Crippen molar-refractivity contribution in [1.29, 1.82) is 0 Å². The van der Waals surface area contributed by atoms with Gasteiger partial charge in [0.05, 0.1) is 11.4 Å². The van der Waals surface area contributed by atoms with E-state index in [2.05, 4.69) is 0 Å². The second-order valence-corrected chi connectivity index (χ2v) is 6.59. The van der Waals surface area contributed by atoms with Gasteiger partial charge in [0.2, 0.25) is 0 Å². The first-order chi connectivity index (χ1) is 13.6. The Kier molecular flexibility index (Phi) is 4.90. The summed E-state index contributed by atoms with van der Waals surface area (Å²) in [4.78, 5) is 1.55. The van der Waals surface area contributed by atoms with Gasteiger partial charge in [-0.05, 0) is 46.5 Å². The molecule has 28 heavy (non-hydrogen) atoms. The Hall–Kier alpha value is -3.46. The lowest BCUT2D eigenvalue weighted by Crippen LogP contribution is -2.13. The van der Waals surface area contributed by atoms with E-state index >= 15 is 4.39 Å². The molecule has 0 fully saturated rings. The number of anilines is 2. The van der Waals surface area contributed by atoms with Gasteiger partial charge in [-0.1, -0.05) is 72.8 Å². The maximum absolute atomic E-state index is 15.1. The van der Waals surface area contributed by atoms with Crippen LogP contribution < -0.4 is 4.90 Å². The molecule has 0 aromatic heterocycles. The topological polar surface area (TPSA) is 3.24 Å². The highest BCUT2D eigenvalue weighted by Gasteiger charge is 2.18. The van der Waals surface area contributed by atoms with Crippen LogP contribution in [0.3, 0.4) is 0 Å². The number of hydrogen-bond acceptors (Lipinski definition) is 1. The molecule has 0 bridgehead atoms. The average molecular weight is 371 g/mol. The minimum Gasteiger partial charge on any atom is -0.340 e. The standard InChI is InChI=1S/C25H19F2N/c1-28(24-15-9-8-14-22(24)26)25-17-21(19-12-6-3-7-13-19)20(16-23(25)27)18-10-4-2-5-11-18/h2-17H,1H3. The monoisotopic (exact) mass is 371 g/mol. The third-order valence-electron chi connectivity index (χ3n) is 4.83. The maximum Gasteiger partial charge on any atom is 0.147 e. The van der Waals surface area contributed by atoms with Crippen molar-refractivity contribution >= 4 is 11.4 Å². The predicted molar refractivity (Wildman–Crippen MR) is 112 cm³/mol. The lowest BCUT2D eigenvalue weighted by molar-refractivity contribution is 0.618. The smallest absolute Gasteiger partial charge is 0.147 e. The molecule has 3 heteroatoms. The van der Waals surface area contributed by atoms with Crippen LogP contribution in [0.4, 0.5) is 20.2 Å². The van der Waals surface area contributed by atoms with Crippen LogP contribution >= 0.6 is 0 Å². The second kappa shape index (κ2) is 7.65. The summed E-state index contributed by atoms with van der Waals surface area (Å²) >= 11 is 0. The van der Waals surface area contributed by atoms with Crippen molar-refractivity contribution < 1.29 is 8.78 Å². The fourth-order valence-corrected chi connectivity index (χ4v) is 3.39. The first kappa shape index (κ1) is 17.9. The number of halogens is 2. The van der Waals surface area contributed by atoms with Gasteiger partial charge < -0.3 is 4.90 Å². The average Bonchev–Trinajstić information content (AvgIpc) is 2.75. The lowest BCUT2D eigenvalue weighted by atomic mass is 9.93. The minimum absolute atomic E-state index is 0.323. The molecule has 0 saturated heterocycles. The van der Waals surface area contributed by atoms with Crippen LogP contribution in [0.15, 0.2) is 97.1 Å². The molecule has 0 amide bonds. The summed E-state index contributed by atoms with van der Waals surface area (Å²) in [6, 6.07) is 29.3. The Morgan fingerprint density at radius 1 is 0.536 bits per heavy atom. The van der Waals surface area contributed by atoms with E-state index in [1.807, 2.05) is 60.7 Å². The van der Waals surface area contributed by atoms with Gasteiger partial charge in [0.1, 0.15) is 11.6 Å². The van der Waals surface area contributed by atoms with Crippen molar-refractivity contribution in [2.75, 3.05) is 11.9 Å². The van der Waals surface area contributed by atoms with Crippen LogP contribution in [0.1, 0.15) is 0 Å². The molecule has 138 valence electrons. The lowest BCUT2D eigenvalue weighted by Gasteiger charge is -2.23. The highest BCUT2D eigenvalue weighted by Crippen LogP contribution is 2.38. The Morgan fingerprint density at radius 2 is 1.04 bits per heavy atom. The molecule has 0 aliphatic carbocycles. The molecule has 0 radical (unpaired) electrons. The third-order valence-corrected chi connectivity index (χ3v) is 4.83. The van der Waals surface area contributed by atoms with Crippen LogP contribution in [-0.2, 0) is 0 Å². The molecule has 0 aliphatic rings. The normalized spacial score (nSPS) is 10.7. The van der Waals surface area contributed by atoms with Gasteiger partial charge >= 0.3 is 0 Å². The Balaban J connectivity index is 1.92. The Bertz CT molecular complexity index is 1090. The van der Waals surface area contributed by atoms with Crippen LogP contribution in [0, 0.1) is 11.6 Å². The van der Waals surface area contributed by atoms with Crippen molar-refractivity contribution in [1.82, 2.24) is 0 Å². The summed E-state index contributed by atoms with van der Waals surface area (Å²) in [5.41, 5.74) is 4.25. The Labute approximate surface area is 163 Å². The summed E-state index contributed by atoms with van der Waals surface area (Å²) in [5.74, 6) is -0.790. The molecule has 0 spiro atoms. The molecule has 0 N–H and O–H groups in total. The minimum atomic E-state index is -0.399. The second-order valence-electron chi connectivity index (χ2n) is 6.59. The van der Waals surface area contributed by atoms with E-state index in [9.17, 15) is 4.39 Å². The van der Waals surface area contributed by atoms with Gasteiger partial charge in [-0.25, -0.2) is 8.78 Å². The van der Waals surface area contributed by atoms with Crippen LogP contribution in [-0.4, -0.2) is 7.05 Å². The molecule has 0 atom stereocenters. The van der Waals surface area contributed by atoms with Gasteiger partial charge in [-0.15, -0.1) is 0 Å². The van der Waals surface area contributed by atoms with E-state index in [0.717, 1.165) is 22.3 Å². The molecule has 4 aromatic rings. The highest BCUT2D eigenvalue weighted by molar-refractivity contribution is 5.87. The van der Waals surface area contributed by atoms with Crippen molar-refractivity contribution in [3.05, 3.63) is 109 Å². The number of benzene rings is 4. The molecule has 0 unspecified atom stereocenters. The summed E-state index contributed by atoms with van der Waals surface area (Å²) in [7, 11) is 1.67. The summed E-state index contributed by atoms with van der Waals surface area (Å²) < 4.78 is 29.4. The molecule has 4 aromatic carbocycles. The number of para-hydroxylation sites is 1. The first-order valence-electron chi connectivity index (χ1n) is 9.08. The predicted octanol–water partition coefficient (Wildman–Crippen LogP) is 7.07. The SMILES string of the molecule is CN(c1ccccc1F)c1cc(-c2ccccc2)c(-c2ccccc2)cc1F. The quantitative estimate of drug-likeness (QED) is 0.371. The fraction of sp³-hybridized carbons (Fsp3) is 0.0400. The zero-order chi connectivity index (χ0) is 19.5. The van der Waals surface area contributed by atoms with Crippen LogP contribution in [0.25, 0.3) is 22.3 Å². The number of hydrogen-bond donors (Lipinski definition) is 0. The number of rotatable bonds is 4. The van der Waals surface area contributed by atoms with Gasteiger partial charge in [-0.3, -0.25) is 0 Å². The summed E-state index contributed by atoms with van der Waals surface area (Å²) in [5, 5.41) is 0. The summed E-state index contributed by atoms with van der Waals surface area (Å²) in [6.45, 7) is 0. The Morgan fingerprint density at radius 3 is 1.61 bits per heavy atom. The van der Waals surface area contributed by atoms with Crippen LogP contribution in [0.5, 0.6) is 0 Å². The maximum atomic E-state index is 15.1. The van der Waals surface area contributed by atoms with Gasteiger partial charge in [0.25, 0.3) is 0 Å². The fourth-order valence-electron chi connectivity index (χ4n) is 3.39. The molecule has 0 heterocycles. The van der Waals surface area contributed by atoms with Gasteiger partial charge in [0, 0.05) is 7.05 Å². The van der Waals surface area contributed by atoms with E-state index in [0.29, 0.717) is 11.4 Å². The summed E-state index contributed by atoms with van der Waals surface area (Å²) in [6.07, 6.45) is 0. The van der Waals surface area contributed by atoms with Gasteiger partial charge in [-0.2, -0.15) is 0 Å². The van der Waals surface area contributed by atoms with E-state index in [-0.39, 0.29) is 0 Å². The van der Waals surface area contributed by atoms with Crippen molar-refractivity contribution in [3.8, 4) is 22.3 Å². The zero-order valence-electron chi connectivity index (χ0n) is 15.4. The van der Waals surface area contributed by atoms with E-state index in [4.69, 9.17) is 0 Å². The van der Waals surface area contributed by atoms with Crippen molar-refractivity contribution in [2.24, 2.45) is 0 Å². The van der Waals surface area contributed by atoms with E-state index in [1.54, 1.807) is 36.2 Å². The van der Waals surface area contributed by atoms with Gasteiger partial charge in [0.15, 0.2) is 0 Å². The van der Waals surface area contributed by atoms with Crippen molar-refractivity contribution in [3.63, 3.8) is 0 Å². The zero-order valence-corrected chi connectivity index (χ0v) is 15.4. The molecular formula is C25H19F2N. The number of nitrogens with zero attached hydrogens (tertiary/aromatic N) is 1. The largest absolute Gasteiger partial charge is 0.340 e. The first-order valence-corrected chi connectivity index (χ1v) is 9.08. The molecule has 0 aliphatic heterocycles.